The molecule has 3 heteroatoms. The molecule has 0 spiro atoms. The number of epoxide rings is 1. The molecule has 1 aliphatic carbocycles. The van der Waals surface area contributed by atoms with Crippen molar-refractivity contribution < 1.29 is 14.3 Å². The first-order valence-electron chi connectivity index (χ1n) is 6.56. The van der Waals surface area contributed by atoms with Crippen molar-refractivity contribution in [2.75, 3.05) is 6.61 Å². The first-order chi connectivity index (χ1) is 8.07. The molecule has 1 heterocycles. The summed E-state index contributed by atoms with van der Waals surface area (Å²) in [4.78, 5) is 11.8. The zero-order chi connectivity index (χ0) is 12.5. The first kappa shape index (κ1) is 12.6. The van der Waals surface area contributed by atoms with E-state index in [1.54, 1.807) is 0 Å². The Morgan fingerprint density at radius 1 is 1.59 bits per heavy atom. The van der Waals surface area contributed by atoms with Crippen LogP contribution in [0.15, 0.2) is 12.2 Å². The van der Waals surface area contributed by atoms with Gasteiger partial charge in [-0.3, -0.25) is 4.79 Å². The summed E-state index contributed by atoms with van der Waals surface area (Å²) in [6, 6.07) is 0. The number of rotatable bonds is 5. The van der Waals surface area contributed by atoms with Crippen LogP contribution in [0.2, 0.25) is 0 Å². The SMILES string of the molecule is C=C(C)COC(=O)C1CCC2(CCC)OC2C1. The summed E-state index contributed by atoms with van der Waals surface area (Å²) < 4.78 is 11.0. The topological polar surface area (TPSA) is 38.8 Å². The molecule has 0 aromatic heterocycles. The Morgan fingerprint density at radius 3 is 2.94 bits per heavy atom. The van der Waals surface area contributed by atoms with Crippen molar-refractivity contribution in [2.45, 2.75) is 57.7 Å². The third-order valence-corrected chi connectivity index (χ3v) is 3.79. The molecule has 2 aliphatic rings. The van der Waals surface area contributed by atoms with E-state index in [1.807, 2.05) is 6.92 Å². The van der Waals surface area contributed by atoms with E-state index in [1.165, 1.54) is 0 Å². The maximum atomic E-state index is 11.8. The summed E-state index contributed by atoms with van der Waals surface area (Å²) in [7, 11) is 0. The Kier molecular flexibility index (Phi) is 3.57. The maximum absolute atomic E-state index is 11.8. The standard InChI is InChI=1S/C14H22O3/c1-4-6-14-7-5-11(8-12(14)17-14)13(15)16-9-10(2)3/h11-12H,2,4-9H2,1,3H3. The highest BCUT2D eigenvalue weighted by Gasteiger charge is 2.59. The van der Waals surface area contributed by atoms with Crippen LogP contribution in [0.25, 0.3) is 0 Å². The Labute approximate surface area is 103 Å². The third kappa shape index (κ3) is 2.71. The van der Waals surface area contributed by atoms with Gasteiger partial charge in [0, 0.05) is 0 Å². The molecule has 0 aromatic carbocycles. The number of hydrogen-bond donors (Lipinski definition) is 0. The maximum Gasteiger partial charge on any atom is 0.309 e. The van der Waals surface area contributed by atoms with E-state index in [0.29, 0.717) is 12.7 Å². The van der Waals surface area contributed by atoms with Gasteiger partial charge >= 0.3 is 5.97 Å². The molecule has 0 amide bonds. The van der Waals surface area contributed by atoms with E-state index < -0.39 is 0 Å². The van der Waals surface area contributed by atoms with Crippen molar-refractivity contribution in [1.29, 1.82) is 0 Å². The van der Waals surface area contributed by atoms with Gasteiger partial charge < -0.3 is 9.47 Å². The lowest BCUT2D eigenvalue weighted by Crippen LogP contribution is -2.29. The summed E-state index contributed by atoms with van der Waals surface area (Å²) in [6.07, 6.45) is 5.35. The van der Waals surface area contributed by atoms with E-state index in [4.69, 9.17) is 9.47 Å². The van der Waals surface area contributed by atoms with Gasteiger partial charge in [-0.2, -0.15) is 0 Å². The largest absolute Gasteiger partial charge is 0.461 e. The zero-order valence-electron chi connectivity index (χ0n) is 10.8. The summed E-state index contributed by atoms with van der Waals surface area (Å²) in [5, 5.41) is 0. The molecule has 96 valence electrons. The molecular formula is C14H22O3. The molecule has 2 rings (SSSR count). The number of fused-ring (bicyclic) bond motifs is 1. The van der Waals surface area contributed by atoms with E-state index >= 15 is 0 Å². The normalized spacial score (nSPS) is 34.9. The van der Waals surface area contributed by atoms with Gasteiger partial charge in [0.25, 0.3) is 0 Å². The van der Waals surface area contributed by atoms with Crippen LogP contribution in [-0.2, 0) is 14.3 Å². The molecule has 1 saturated carbocycles. The van der Waals surface area contributed by atoms with Crippen LogP contribution in [0.1, 0.15) is 46.0 Å². The number of esters is 1. The first-order valence-corrected chi connectivity index (χ1v) is 6.56. The Bertz CT molecular complexity index is 323. The summed E-state index contributed by atoms with van der Waals surface area (Å²) in [5.41, 5.74) is 1.01. The average molecular weight is 238 g/mol. The van der Waals surface area contributed by atoms with Crippen molar-refractivity contribution in [3.8, 4) is 0 Å². The third-order valence-electron chi connectivity index (χ3n) is 3.79. The van der Waals surface area contributed by atoms with Crippen LogP contribution in [0, 0.1) is 5.92 Å². The second-order valence-electron chi connectivity index (χ2n) is 5.46. The smallest absolute Gasteiger partial charge is 0.309 e. The predicted molar refractivity (Wildman–Crippen MR) is 65.6 cm³/mol. The number of carbonyl (C=O) groups excluding carboxylic acids is 1. The second-order valence-corrected chi connectivity index (χ2v) is 5.46. The van der Waals surface area contributed by atoms with Crippen LogP contribution >= 0.6 is 0 Å². The van der Waals surface area contributed by atoms with Crippen molar-refractivity contribution in [3.05, 3.63) is 12.2 Å². The van der Waals surface area contributed by atoms with Crippen LogP contribution in [0.4, 0.5) is 0 Å². The van der Waals surface area contributed by atoms with Crippen molar-refractivity contribution >= 4 is 5.97 Å². The van der Waals surface area contributed by atoms with E-state index in [9.17, 15) is 4.79 Å². The quantitative estimate of drug-likeness (QED) is 0.420. The molecule has 1 saturated heterocycles. The van der Waals surface area contributed by atoms with Gasteiger partial charge in [0.2, 0.25) is 0 Å². The zero-order valence-corrected chi connectivity index (χ0v) is 10.8. The van der Waals surface area contributed by atoms with Gasteiger partial charge in [0.1, 0.15) is 6.61 Å². The number of hydrogen-bond acceptors (Lipinski definition) is 3. The van der Waals surface area contributed by atoms with Gasteiger partial charge in [-0.05, 0) is 38.2 Å². The monoisotopic (exact) mass is 238 g/mol. The van der Waals surface area contributed by atoms with Gasteiger partial charge in [-0.15, -0.1) is 0 Å². The summed E-state index contributed by atoms with van der Waals surface area (Å²) in [5.74, 6) is -0.0413. The predicted octanol–water partition coefficient (Wildman–Crippen LogP) is 2.84. The molecule has 0 bridgehead atoms. The molecule has 3 unspecified atom stereocenters. The molecule has 0 radical (unpaired) electrons. The second kappa shape index (κ2) is 4.81. The Balaban J connectivity index is 1.79. The van der Waals surface area contributed by atoms with Gasteiger partial charge in [-0.1, -0.05) is 19.9 Å². The molecule has 0 N–H and O–H groups in total. The molecular weight excluding hydrogens is 216 g/mol. The van der Waals surface area contributed by atoms with Crippen molar-refractivity contribution in [3.63, 3.8) is 0 Å². The Hall–Kier alpha value is -0.830. The molecule has 1 aliphatic heterocycles. The minimum absolute atomic E-state index is 0.0341. The lowest BCUT2D eigenvalue weighted by Gasteiger charge is -2.23. The minimum Gasteiger partial charge on any atom is -0.461 e. The number of ether oxygens (including phenoxy) is 2. The van der Waals surface area contributed by atoms with Crippen LogP contribution in [0.3, 0.4) is 0 Å². The lowest BCUT2D eigenvalue weighted by atomic mass is 9.80. The minimum atomic E-state index is -0.0754. The fourth-order valence-electron chi connectivity index (χ4n) is 2.82. The average Bonchev–Trinajstić information content (AvgIpc) is 2.99. The fraction of sp³-hybridized carbons (Fsp3) is 0.786. The van der Waals surface area contributed by atoms with Crippen molar-refractivity contribution in [1.82, 2.24) is 0 Å². The summed E-state index contributed by atoms with van der Waals surface area (Å²) in [6.45, 7) is 8.12. The van der Waals surface area contributed by atoms with E-state index in [0.717, 1.165) is 37.7 Å². The van der Waals surface area contributed by atoms with Crippen molar-refractivity contribution in [2.24, 2.45) is 5.92 Å². The van der Waals surface area contributed by atoms with Gasteiger partial charge in [-0.25, -0.2) is 0 Å². The molecule has 3 nitrogen and oxygen atoms in total. The lowest BCUT2D eigenvalue weighted by molar-refractivity contribution is -0.148. The Morgan fingerprint density at radius 2 is 2.35 bits per heavy atom. The van der Waals surface area contributed by atoms with E-state index in [2.05, 4.69) is 13.5 Å². The van der Waals surface area contributed by atoms with Gasteiger partial charge in [0.15, 0.2) is 0 Å². The van der Waals surface area contributed by atoms with Crippen LogP contribution in [0.5, 0.6) is 0 Å². The highest BCUT2D eigenvalue weighted by Crippen LogP contribution is 2.52. The molecule has 3 atom stereocenters. The summed E-state index contributed by atoms with van der Waals surface area (Å²) >= 11 is 0. The van der Waals surface area contributed by atoms with Crippen LogP contribution in [-0.4, -0.2) is 24.3 Å². The highest BCUT2D eigenvalue weighted by atomic mass is 16.6. The highest BCUT2D eigenvalue weighted by molar-refractivity contribution is 5.73. The van der Waals surface area contributed by atoms with E-state index in [-0.39, 0.29) is 17.5 Å². The fourth-order valence-corrected chi connectivity index (χ4v) is 2.82. The number of carbonyl (C=O) groups is 1. The van der Waals surface area contributed by atoms with Gasteiger partial charge in [0.05, 0.1) is 17.6 Å². The molecule has 2 fully saturated rings. The van der Waals surface area contributed by atoms with Crippen LogP contribution < -0.4 is 0 Å². The molecule has 17 heavy (non-hydrogen) atoms. The molecule has 0 aromatic rings.